The lowest BCUT2D eigenvalue weighted by Crippen LogP contribution is -2.22. The summed E-state index contributed by atoms with van der Waals surface area (Å²) in [4.78, 5) is 22.9. The average Bonchev–Trinajstić information content (AvgIpc) is 2.53. The third-order valence-electron chi connectivity index (χ3n) is 3.87. The number of rotatable bonds is 3. The van der Waals surface area contributed by atoms with Crippen molar-refractivity contribution in [3.63, 3.8) is 0 Å². The molecular weight excluding hydrogens is 326 g/mol. The summed E-state index contributed by atoms with van der Waals surface area (Å²) in [5, 5.41) is 0. The molecule has 140 valence electrons. The summed E-state index contributed by atoms with van der Waals surface area (Å²) in [7, 11) is 3.46. The summed E-state index contributed by atoms with van der Waals surface area (Å²) in [5.41, 5.74) is 1.27. The van der Waals surface area contributed by atoms with E-state index in [0.29, 0.717) is 17.2 Å². The van der Waals surface area contributed by atoms with Crippen LogP contribution < -0.4 is 4.74 Å². The first-order valence-electron chi connectivity index (χ1n) is 8.77. The third kappa shape index (κ3) is 4.81. The smallest absolute Gasteiger partial charge is 0.253 e. The predicted molar refractivity (Wildman–Crippen MR) is 104 cm³/mol. The minimum Gasteiger partial charge on any atom is -0.439 e. The van der Waals surface area contributed by atoms with Crippen LogP contribution in [-0.4, -0.2) is 34.9 Å². The maximum Gasteiger partial charge on any atom is 0.253 e. The topological polar surface area (TPSA) is 55.3 Å². The van der Waals surface area contributed by atoms with Crippen LogP contribution in [0.25, 0.3) is 0 Å². The molecule has 1 amide bonds. The zero-order valence-electron chi connectivity index (χ0n) is 17.0. The predicted octanol–water partition coefficient (Wildman–Crippen LogP) is 4.57. The Morgan fingerprint density at radius 1 is 0.923 bits per heavy atom. The molecule has 0 aliphatic heterocycles. The van der Waals surface area contributed by atoms with Gasteiger partial charge in [-0.1, -0.05) is 41.5 Å². The molecule has 2 aromatic rings. The molecule has 2 rings (SSSR count). The number of amides is 1. The van der Waals surface area contributed by atoms with Gasteiger partial charge in [-0.05, 0) is 24.3 Å². The van der Waals surface area contributed by atoms with Gasteiger partial charge in [0, 0.05) is 36.6 Å². The van der Waals surface area contributed by atoms with Gasteiger partial charge in [0.15, 0.2) is 0 Å². The first-order valence-corrected chi connectivity index (χ1v) is 8.77. The minimum absolute atomic E-state index is 0.0383. The molecular formula is C21H29N3O2. The number of hydrogen-bond acceptors (Lipinski definition) is 4. The molecule has 26 heavy (non-hydrogen) atoms. The lowest BCUT2D eigenvalue weighted by atomic mass is 9.90. The van der Waals surface area contributed by atoms with Crippen molar-refractivity contribution in [2.45, 2.75) is 52.4 Å². The highest BCUT2D eigenvalue weighted by Gasteiger charge is 2.24. The van der Waals surface area contributed by atoms with Gasteiger partial charge in [0.1, 0.15) is 11.6 Å². The molecule has 0 saturated carbocycles. The number of benzene rings is 1. The SMILES string of the molecule is CN(C)C(=O)c1ccc(Oc2cc(C(C)(C)C)nc(C(C)(C)C)n2)cc1. The van der Waals surface area contributed by atoms with Gasteiger partial charge in [-0.2, -0.15) is 4.98 Å². The van der Waals surface area contributed by atoms with Gasteiger partial charge >= 0.3 is 0 Å². The third-order valence-corrected chi connectivity index (χ3v) is 3.87. The maximum absolute atomic E-state index is 12.0. The van der Waals surface area contributed by atoms with Crippen molar-refractivity contribution in [3.05, 3.63) is 47.4 Å². The van der Waals surface area contributed by atoms with Crippen molar-refractivity contribution < 1.29 is 9.53 Å². The van der Waals surface area contributed by atoms with Gasteiger partial charge in [0.2, 0.25) is 5.88 Å². The van der Waals surface area contributed by atoms with E-state index >= 15 is 0 Å². The van der Waals surface area contributed by atoms with E-state index in [9.17, 15) is 4.79 Å². The van der Waals surface area contributed by atoms with Crippen molar-refractivity contribution in [2.24, 2.45) is 0 Å². The Morgan fingerprint density at radius 3 is 1.96 bits per heavy atom. The molecule has 0 unspecified atom stereocenters. The van der Waals surface area contributed by atoms with E-state index in [-0.39, 0.29) is 16.7 Å². The Hall–Kier alpha value is -2.43. The molecule has 1 aromatic heterocycles. The first-order chi connectivity index (χ1) is 11.9. The summed E-state index contributed by atoms with van der Waals surface area (Å²) in [5.74, 6) is 1.86. The molecule has 1 heterocycles. The highest BCUT2D eigenvalue weighted by molar-refractivity contribution is 5.93. The van der Waals surface area contributed by atoms with Crippen molar-refractivity contribution >= 4 is 5.91 Å². The van der Waals surface area contributed by atoms with E-state index in [1.807, 2.05) is 6.07 Å². The molecule has 0 spiro atoms. The minimum atomic E-state index is -0.179. The molecule has 0 aliphatic carbocycles. The Kier molecular flexibility index (Phi) is 5.40. The Morgan fingerprint density at radius 2 is 1.50 bits per heavy atom. The molecule has 5 nitrogen and oxygen atoms in total. The van der Waals surface area contributed by atoms with Crippen molar-refractivity contribution in [3.8, 4) is 11.6 Å². The lowest BCUT2D eigenvalue weighted by Gasteiger charge is -2.23. The molecule has 0 radical (unpaired) electrons. The van der Waals surface area contributed by atoms with Crippen LogP contribution in [0.3, 0.4) is 0 Å². The van der Waals surface area contributed by atoms with Crippen LogP contribution in [0.1, 0.15) is 63.4 Å². The van der Waals surface area contributed by atoms with E-state index in [1.54, 1.807) is 43.3 Å². The van der Waals surface area contributed by atoms with Gasteiger partial charge in [0.25, 0.3) is 5.91 Å². The fourth-order valence-corrected chi connectivity index (χ4v) is 2.24. The van der Waals surface area contributed by atoms with Crippen LogP contribution in [0.15, 0.2) is 30.3 Å². The second kappa shape index (κ2) is 7.06. The summed E-state index contributed by atoms with van der Waals surface area (Å²) < 4.78 is 5.97. The van der Waals surface area contributed by atoms with Crippen LogP contribution in [-0.2, 0) is 10.8 Å². The Balaban J connectivity index is 2.35. The number of nitrogens with zero attached hydrogens (tertiary/aromatic N) is 3. The van der Waals surface area contributed by atoms with E-state index < -0.39 is 0 Å². The van der Waals surface area contributed by atoms with Crippen LogP contribution >= 0.6 is 0 Å². The number of hydrogen-bond donors (Lipinski definition) is 0. The quantitative estimate of drug-likeness (QED) is 0.809. The number of aromatic nitrogens is 2. The summed E-state index contributed by atoms with van der Waals surface area (Å²) in [6.07, 6.45) is 0. The van der Waals surface area contributed by atoms with Crippen LogP contribution in [0.4, 0.5) is 0 Å². The molecule has 0 aliphatic rings. The maximum atomic E-state index is 12.0. The van der Waals surface area contributed by atoms with Gasteiger partial charge in [0.05, 0.1) is 5.69 Å². The average molecular weight is 355 g/mol. The fraction of sp³-hybridized carbons (Fsp3) is 0.476. The first kappa shape index (κ1) is 19.9. The van der Waals surface area contributed by atoms with Crippen molar-refractivity contribution in [1.82, 2.24) is 14.9 Å². The fourth-order valence-electron chi connectivity index (χ4n) is 2.24. The largest absolute Gasteiger partial charge is 0.439 e. The molecule has 5 heteroatoms. The van der Waals surface area contributed by atoms with E-state index in [4.69, 9.17) is 9.72 Å². The van der Waals surface area contributed by atoms with E-state index in [0.717, 1.165) is 11.5 Å². The van der Waals surface area contributed by atoms with Crippen LogP contribution in [0.5, 0.6) is 11.6 Å². The van der Waals surface area contributed by atoms with Crippen LogP contribution in [0, 0.1) is 0 Å². The molecule has 1 aromatic carbocycles. The number of ether oxygens (including phenoxy) is 1. The summed E-state index contributed by atoms with van der Waals surface area (Å²) in [6.45, 7) is 12.6. The summed E-state index contributed by atoms with van der Waals surface area (Å²) in [6, 6.07) is 8.97. The molecule has 0 atom stereocenters. The lowest BCUT2D eigenvalue weighted by molar-refractivity contribution is 0.0827. The van der Waals surface area contributed by atoms with Gasteiger partial charge in [-0.25, -0.2) is 4.98 Å². The molecule has 0 N–H and O–H groups in total. The summed E-state index contributed by atoms with van der Waals surface area (Å²) >= 11 is 0. The highest BCUT2D eigenvalue weighted by atomic mass is 16.5. The number of carbonyl (C=O) groups excluding carboxylic acids is 1. The second-order valence-electron chi connectivity index (χ2n) is 8.74. The highest BCUT2D eigenvalue weighted by Crippen LogP contribution is 2.29. The van der Waals surface area contributed by atoms with Gasteiger partial charge < -0.3 is 9.64 Å². The monoisotopic (exact) mass is 355 g/mol. The second-order valence-corrected chi connectivity index (χ2v) is 8.74. The molecule has 0 bridgehead atoms. The van der Waals surface area contributed by atoms with Gasteiger partial charge in [-0.3, -0.25) is 4.79 Å². The molecule has 0 saturated heterocycles. The van der Waals surface area contributed by atoms with E-state index in [1.165, 1.54) is 0 Å². The van der Waals surface area contributed by atoms with Crippen molar-refractivity contribution in [2.75, 3.05) is 14.1 Å². The van der Waals surface area contributed by atoms with Gasteiger partial charge in [-0.15, -0.1) is 0 Å². The Labute approximate surface area is 156 Å². The standard InChI is InChI=1S/C21H29N3O2/c1-20(2,3)16-13-17(23-19(22-16)21(4,5)6)26-15-11-9-14(10-12-15)18(25)24(7)8/h9-13H,1-8H3. The van der Waals surface area contributed by atoms with E-state index in [2.05, 4.69) is 46.5 Å². The van der Waals surface area contributed by atoms with Crippen molar-refractivity contribution in [1.29, 1.82) is 0 Å². The zero-order chi connectivity index (χ0) is 19.7. The number of carbonyl (C=O) groups is 1. The normalized spacial score (nSPS) is 12.0. The molecule has 0 fully saturated rings. The zero-order valence-corrected chi connectivity index (χ0v) is 17.0. The van der Waals surface area contributed by atoms with Crippen LogP contribution in [0.2, 0.25) is 0 Å². The Bertz CT molecular complexity index is 750.